The summed E-state index contributed by atoms with van der Waals surface area (Å²) in [5, 5.41) is 11.8. The fourth-order valence-corrected chi connectivity index (χ4v) is 4.10. The van der Waals surface area contributed by atoms with Crippen molar-refractivity contribution in [2.45, 2.75) is 39.2 Å². The first-order valence-corrected chi connectivity index (χ1v) is 8.76. The van der Waals surface area contributed by atoms with Crippen molar-refractivity contribution in [3.05, 3.63) is 0 Å². The van der Waals surface area contributed by atoms with E-state index >= 15 is 0 Å². The Labute approximate surface area is 121 Å². The van der Waals surface area contributed by atoms with E-state index in [1.165, 1.54) is 0 Å². The molecule has 0 spiro atoms. The van der Waals surface area contributed by atoms with E-state index in [1.807, 2.05) is 13.8 Å². The first-order valence-electron chi connectivity index (χ1n) is 7.15. The van der Waals surface area contributed by atoms with Crippen molar-refractivity contribution in [1.82, 2.24) is 9.21 Å². The summed E-state index contributed by atoms with van der Waals surface area (Å²) in [6.07, 6.45) is 2.31. The molecule has 0 radical (unpaired) electrons. The minimum Gasteiger partial charge on any atom is -0.409 e. The standard InChI is InChI=1S/C12H26N4O3S/c1-3-5-10-20(18,19)16-8-6-15(7-9-16)11(4-2)12(13)14-17/h11,17H,3-10H2,1-2H3,(H2,13,14). The number of oxime groups is 1. The topological polar surface area (TPSA) is 99.2 Å². The van der Waals surface area contributed by atoms with E-state index in [1.54, 1.807) is 4.31 Å². The van der Waals surface area contributed by atoms with Gasteiger partial charge < -0.3 is 10.9 Å². The maximum atomic E-state index is 12.1. The van der Waals surface area contributed by atoms with Crippen LogP contribution < -0.4 is 5.73 Å². The third-order valence-electron chi connectivity index (χ3n) is 3.71. The van der Waals surface area contributed by atoms with Crippen LogP contribution in [0.4, 0.5) is 0 Å². The Hall–Kier alpha value is -0.860. The molecule has 1 saturated heterocycles. The van der Waals surface area contributed by atoms with E-state index in [2.05, 4.69) is 10.1 Å². The minimum absolute atomic E-state index is 0.125. The van der Waals surface area contributed by atoms with Gasteiger partial charge in [0.15, 0.2) is 5.84 Å². The van der Waals surface area contributed by atoms with Crippen LogP contribution >= 0.6 is 0 Å². The first-order chi connectivity index (χ1) is 9.46. The summed E-state index contributed by atoms with van der Waals surface area (Å²) in [5.74, 6) is 0.413. The number of amidine groups is 1. The van der Waals surface area contributed by atoms with Gasteiger partial charge in [-0.05, 0) is 12.8 Å². The van der Waals surface area contributed by atoms with Gasteiger partial charge in [0.05, 0.1) is 11.8 Å². The number of hydrogen-bond acceptors (Lipinski definition) is 5. The maximum absolute atomic E-state index is 12.1. The van der Waals surface area contributed by atoms with Crippen molar-refractivity contribution < 1.29 is 13.6 Å². The third kappa shape index (κ3) is 4.32. The summed E-state index contributed by atoms with van der Waals surface area (Å²) in [6, 6.07) is -0.125. The molecular formula is C12H26N4O3S. The van der Waals surface area contributed by atoms with Gasteiger partial charge in [0, 0.05) is 26.2 Å². The zero-order valence-electron chi connectivity index (χ0n) is 12.3. The number of hydrogen-bond donors (Lipinski definition) is 2. The molecule has 0 aromatic rings. The van der Waals surface area contributed by atoms with Crippen LogP contribution in [0.3, 0.4) is 0 Å². The number of nitrogens with zero attached hydrogens (tertiary/aromatic N) is 3. The van der Waals surface area contributed by atoms with Gasteiger partial charge >= 0.3 is 0 Å². The molecule has 118 valence electrons. The van der Waals surface area contributed by atoms with Gasteiger partial charge in [-0.15, -0.1) is 0 Å². The zero-order valence-corrected chi connectivity index (χ0v) is 13.1. The van der Waals surface area contributed by atoms with E-state index in [0.717, 1.165) is 12.8 Å². The second-order valence-electron chi connectivity index (χ2n) is 5.05. The molecule has 0 saturated carbocycles. The van der Waals surface area contributed by atoms with Crippen molar-refractivity contribution in [2.24, 2.45) is 10.9 Å². The van der Waals surface area contributed by atoms with Gasteiger partial charge in [0.25, 0.3) is 0 Å². The smallest absolute Gasteiger partial charge is 0.214 e. The van der Waals surface area contributed by atoms with Crippen molar-refractivity contribution in [2.75, 3.05) is 31.9 Å². The van der Waals surface area contributed by atoms with Crippen LogP contribution in [-0.2, 0) is 10.0 Å². The lowest BCUT2D eigenvalue weighted by Gasteiger charge is -2.37. The Morgan fingerprint density at radius 2 is 1.90 bits per heavy atom. The second kappa shape index (κ2) is 7.80. The van der Waals surface area contributed by atoms with E-state index < -0.39 is 10.0 Å². The molecule has 0 amide bonds. The van der Waals surface area contributed by atoms with Crippen LogP contribution in [0.2, 0.25) is 0 Å². The summed E-state index contributed by atoms with van der Waals surface area (Å²) in [7, 11) is -3.13. The van der Waals surface area contributed by atoms with Gasteiger partial charge in [-0.2, -0.15) is 4.31 Å². The van der Waals surface area contributed by atoms with Crippen molar-refractivity contribution in [3.63, 3.8) is 0 Å². The summed E-state index contributed by atoms with van der Waals surface area (Å²) in [5.41, 5.74) is 5.67. The van der Waals surface area contributed by atoms with E-state index in [0.29, 0.717) is 32.6 Å². The molecule has 1 heterocycles. The molecule has 1 aliphatic rings. The van der Waals surface area contributed by atoms with Crippen LogP contribution in [0.15, 0.2) is 5.16 Å². The molecule has 0 aromatic carbocycles. The molecule has 8 heteroatoms. The Bertz CT molecular complexity index is 416. The molecule has 7 nitrogen and oxygen atoms in total. The molecule has 1 unspecified atom stereocenters. The lowest BCUT2D eigenvalue weighted by molar-refractivity contribution is 0.161. The van der Waals surface area contributed by atoms with Crippen LogP contribution in [0.25, 0.3) is 0 Å². The largest absolute Gasteiger partial charge is 0.409 e. The predicted octanol–water partition coefficient (Wildman–Crippen LogP) is 0.259. The quantitative estimate of drug-likeness (QED) is 0.304. The molecule has 1 aliphatic heterocycles. The van der Waals surface area contributed by atoms with Gasteiger partial charge in [-0.3, -0.25) is 4.90 Å². The average molecular weight is 306 g/mol. The number of nitrogens with two attached hydrogens (primary N) is 1. The minimum atomic E-state index is -3.13. The highest BCUT2D eigenvalue weighted by atomic mass is 32.2. The third-order valence-corrected chi connectivity index (χ3v) is 5.66. The van der Waals surface area contributed by atoms with E-state index in [-0.39, 0.29) is 17.6 Å². The van der Waals surface area contributed by atoms with Gasteiger partial charge in [-0.25, -0.2) is 8.42 Å². The lowest BCUT2D eigenvalue weighted by atomic mass is 10.1. The second-order valence-corrected chi connectivity index (χ2v) is 7.14. The highest BCUT2D eigenvalue weighted by molar-refractivity contribution is 7.89. The number of sulfonamides is 1. The fraction of sp³-hybridized carbons (Fsp3) is 0.917. The van der Waals surface area contributed by atoms with Crippen LogP contribution in [0.1, 0.15) is 33.1 Å². The van der Waals surface area contributed by atoms with E-state index in [9.17, 15) is 8.42 Å². The average Bonchev–Trinajstić information content (AvgIpc) is 2.46. The van der Waals surface area contributed by atoms with Gasteiger partial charge in [-0.1, -0.05) is 25.4 Å². The molecule has 1 atom stereocenters. The molecule has 0 aliphatic carbocycles. The molecule has 20 heavy (non-hydrogen) atoms. The molecule has 0 bridgehead atoms. The lowest BCUT2D eigenvalue weighted by Crippen LogP contribution is -2.55. The number of unbranched alkanes of at least 4 members (excludes halogenated alkanes) is 1. The van der Waals surface area contributed by atoms with Crippen LogP contribution in [0, 0.1) is 0 Å². The Balaban J connectivity index is 2.59. The predicted molar refractivity (Wildman–Crippen MR) is 79.3 cm³/mol. The zero-order chi connectivity index (χ0) is 15.2. The van der Waals surface area contributed by atoms with Gasteiger partial charge in [0.1, 0.15) is 0 Å². The number of rotatable bonds is 7. The molecule has 1 rings (SSSR count). The summed E-state index contributed by atoms with van der Waals surface area (Å²) in [6.45, 7) is 6.12. The molecule has 0 aromatic heterocycles. The maximum Gasteiger partial charge on any atom is 0.214 e. The van der Waals surface area contributed by atoms with Crippen molar-refractivity contribution in [1.29, 1.82) is 0 Å². The molecule has 3 N–H and O–H groups in total. The van der Waals surface area contributed by atoms with E-state index in [4.69, 9.17) is 10.9 Å². The van der Waals surface area contributed by atoms with Crippen molar-refractivity contribution >= 4 is 15.9 Å². The fourth-order valence-electron chi connectivity index (χ4n) is 2.47. The van der Waals surface area contributed by atoms with Crippen molar-refractivity contribution in [3.8, 4) is 0 Å². The monoisotopic (exact) mass is 306 g/mol. The van der Waals surface area contributed by atoms with Crippen LogP contribution in [0.5, 0.6) is 0 Å². The molecule has 1 fully saturated rings. The summed E-state index contributed by atoms with van der Waals surface area (Å²) >= 11 is 0. The molecular weight excluding hydrogens is 280 g/mol. The Kier molecular flexibility index (Phi) is 6.70. The SMILES string of the molecule is CCCCS(=O)(=O)N1CCN(C(CC)C(N)=NO)CC1. The van der Waals surface area contributed by atoms with Crippen LogP contribution in [-0.4, -0.2) is 66.6 Å². The highest BCUT2D eigenvalue weighted by Crippen LogP contribution is 2.13. The normalized spacial score (nSPS) is 21.0. The number of piperazine rings is 1. The summed E-state index contributed by atoms with van der Waals surface area (Å²) < 4.78 is 25.8. The Morgan fingerprint density at radius 1 is 1.30 bits per heavy atom. The first kappa shape index (κ1) is 17.2. The van der Waals surface area contributed by atoms with Gasteiger partial charge in [0.2, 0.25) is 10.0 Å². The summed E-state index contributed by atoms with van der Waals surface area (Å²) in [4.78, 5) is 2.07. The Morgan fingerprint density at radius 3 is 2.35 bits per heavy atom. The highest BCUT2D eigenvalue weighted by Gasteiger charge is 2.30.